The molecule has 0 bridgehead atoms. The minimum atomic E-state index is -0.355. The van der Waals surface area contributed by atoms with Gasteiger partial charge in [0.2, 0.25) is 5.91 Å². The van der Waals surface area contributed by atoms with Gasteiger partial charge in [-0.15, -0.1) is 5.10 Å². The number of carbonyl (C=O) groups excluding carboxylic acids is 1. The van der Waals surface area contributed by atoms with Crippen LogP contribution in [0.15, 0.2) is 36.7 Å². The molecule has 1 aliphatic heterocycles. The van der Waals surface area contributed by atoms with E-state index in [1.807, 2.05) is 37.3 Å². The Hall–Kier alpha value is -3.04. The van der Waals surface area contributed by atoms with Gasteiger partial charge in [0.25, 0.3) is 0 Å². The number of fused-ring (bicyclic) bond motifs is 1. The van der Waals surface area contributed by atoms with Crippen molar-refractivity contribution in [3.63, 3.8) is 0 Å². The maximum Gasteiger partial charge on any atom is 0.246 e. The number of nitrogens with one attached hydrogen (secondary N) is 1. The number of amides is 1. The van der Waals surface area contributed by atoms with E-state index in [1.165, 1.54) is 0 Å². The fraction of sp³-hybridized carbons (Fsp3) is 0.455. The van der Waals surface area contributed by atoms with Crippen molar-refractivity contribution in [2.45, 2.75) is 38.3 Å². The molecular formula is C22H27N5O4. The Balaban J connectivity index is 1.35. The molecule has 0 unspecified atom stereocenters. The van der Waals surface area contributed by atoms with Gasteiger partial charge in [0, 0.05) is 18.2 Å². The average molecular weight is 425 g/mol. The maximum absolute atomic E-state index is 12.2. The van der Waals surface area contributed by atoms with Crippen LogP contribution in [0.4, 0.5) is 0 Å². The Morgan fingerprint density at radius 1 is 1.32 bits per heavy atom. The lowest BCUT2D eigenvalue weighted by molar-refractivity contribution is -0.128. The van der Waals surface area contributed by atoms with Gasteiger partial charge in [-0.25, -0.2) is 14.5 Å². The summed E-state index contributed by atoms with van der Waals surface area (Å²) in [5.41, 5.74) is 2.39. The Bertz CT molecular complexity index is 1010. The van der Waals surface area contributed by atoms with Gasteiger partial charge in [0.05, 0.1) is 31.6 Å². The zero-order valence-corrected chi connectivity index (χ0v) is 17.8. The van der Waals surface area contributed by atoms with E-state index < -0.39 is 0 Å². The number of nitrogens with zero attached hydrogens (tertiary/aromatic N) is 4. The Kier molecular flexibility index (Phi) is 6.73. The third-order valence-electron chi connectivity index (χ3n) is 5.21. The molecule has 0 radical (unpaired) electrons. The Morgan fingerprint density at radius 2 is 2.16 bits per heavy atom. The van der Waals surface area contributed by atoms with Crippen LogP contribution in [0.25, 0.3) is 16.9 Å². The molecule has 2 atom stereocenters. The molecule has 9 heteroatoms. The number of hydrogen-bond acceptors (Lipinski definition) is 7. The molecule has 9 nitrogen and oxygen atoms in total. The first-order valence-electron chi connectivity index (χ1n) is 10.5. The highest BCUT2D eigenvalue weighted by Crippen LogP contribution is 2.21. The largest absolute Gasteiger partial charge is 0.497 e. The Morgan fingerprint density at radius 3 is 2.90 bits per heavy atom. The van der Waals surface area contributed by atoms with E-state index >= 15 is 0 Å². The van der Waals surface area contributed by atoms with Crippen LogP contribution in [0.1, 0.15) is 38.1 Å². The first-order chi connectivity index (χ1) is 15.1. The predicted octanol–water partition coefficient (Wildman–Crippen LogP) is 2.56. The first kappa shape index (κ1) is 21.2. The van der Waals surface area contributed by atoms with Crippen molar-refractivity contribution in [1.82, 2.24) is 24.9 Å². The van der Waals surface area contributed by atoms with E-state index in [0.717, 1.165) is 42.9 Å². The maximum atomic E-state index is 12.2. The van der Waals surface area contributed by atoms with E-state index in [9.17, 15) is 4.79 Å². The number of rotatable bonds is 8. The van der Waals surface area contributed by atoms with Crippen molar-refractivity contribution in [3.8, 4) is 17.0 Å². The molecule has 164 valence electrons. The van der Waals surface area contributed by atoms with Crippen LogP contribution >= 0.6 is 0 Å². The SMILES string of the molecule is COc1ccc(-c2cc3nc([C@H](C)NC(=O)COC[C@@H]4CCCCO4)nn3cn2)cc1. The number of carbonyl (C=O) groups is 1. The fourth-order valence-corrected chi connectivity index (χ4v) is 3.49. The number of benzene rings is 1. The van der Waals surface area contributed by atoms with Gasteiger partial charge in [0.1, 0.15) is 18.7 Å². The van der Waals surface area contributed by atoms with Gasteiger partial charge in [-0.05, 0) is 50.5 Å². The van der Waals surface area contributed by atoms with Gasteiger partial charge in [-0.2, -0.15) is 0 Å². The zero-order valence-electron chi connectivity index (χ0n) is 17.8. The molecule has 1 aliphatic rings. The van der Waals surface area contributed by atoms with E-state index in [1.54, 1.807) is 18.0 Å². The smallest absolute Gasteiger partial charge is 0.246 e. The normalized spacial score (nSPS) is 17.4. The van der Waals surface area contributed by atoms with Crippen LogP contribution in [0.5, 0.6) is 5.75 Å². The third kappa shape index (κ3) is 5.36. The summed E-state index contributed by atoms with van der Waals surface area (Å²) in [7, 11) is 1.63. The zero-order chi connectivity index (χ0) is 21.6. The molecule has 3 aromatic rings. The summed E-state index contributed by atoms with van der Waals surface area (Å²) in [6, 6.07) is 9.16. The average Bonchev–Trinajstić information content (AvgIpc) is 3.23. The number of ether oxygens (including phenoxy) is 3. The second-order valence-electron chi connectivity index (χ2n) is 7.57. The Labute approximate surface area is 180 Å². The molecule has 1 N–H and O–H groups in total. The second kappa shape index (κ2) is 9.84. The fourth-order valence-electron chi connectivity index (χ4n) is 3.49. The van der Waals surface area contributed by atoms with Gasteiger partial charge < -0.3 is 19.5 Å². The van der Waals surface area contributed by atoms with Gasteiger partial charge in [0.15, 0.2) is 11.5 Å². The molecule has 1 amide bonds. The third-order valence-corrected chi connectivity index (χ3v) is 5.21. The highest BCUT2D eigenvalue weighted by Gasteiger charge is 2.17. The highest BCUT2D eigenvalue weighted by molar-refractivity contribution is 5.77. The summed E-state index contributed by atoms with van der Waals surface area (Å²) in [5.74, 6) is 1.09. The van der Waals surface area contributed by atoms with Crippen molar-refractivity contribution in [3.05, 3.63) is 42.5 Å². The lowest BCUT2D eigenvalue weighted by Gasteiger charge is -2.22. The molecule has 4 rings (SSSR count). The van der Waals surface area contributed by atoms with Crippen LogP contribution in [0.2, 0.25) is 0 Å². The summed E-state index contributed by atoms with van der Waals surface area (Å²) >= 11 is 0. The van der Waals surface area contributed by atoms with Crippen LogP contribution in [-0.4, -0.2) is 58.5 Å². The van der Waals surface area contributed by atoms with E-state index in [2.05, 4.69) is 20.4 Å². The summed E-state index contributed by atoms with van der Waals surface area (Å²) in [5, 5.41) is 7.31. The molecule has 0 spiro atoms. The molecule has 1 aromatic carbocycles. The topological polar surface area (TPSA) is 99.9 Å². The van der Waals surface area contributed by atoms with E-state index in [0.29, 0.717) is 18.1 Å². The van der Waals surface area contributed by atoms with Crippen LogP contribution in [0, 0.1) is 0 Å². The lowest BCUT2D eigenvalue weighted by atomic mass is 10.1. The molecular weight excluding hydrogens is 398 g/mol. The van der Waals surface area contributed by atoms with Crippen LogP contribution < -0.4 is 10.1 Å². The number of aromatic nitrogens is 4. The monoisotopic (exact) mass is 425 g/mol. The van der Waals surface area contributed by atoms with E-state index in [-0.39, 0.29) is 24.7 Å². The van der Waals surface area contributed by atoms with Gasteiger partial charge in [-0.1, -0.05) is 0 Å². The van der Waals surface area contributed by atoms with Gasteiger partial charge in [-0.3, -0.25) is 4.79 Å². The molecule has 1 saturated heterocycles. The van der Waals surface area contributed by atoms with Crippen LogP contribution in [0.3, 0.4) is 0 Å². The summed E-state index contributed by atoms with van der Waals surface area (Å²) < 4.78 is 17.9. The minimum Gasteiger partial charge on any atom is -0.497 e. The lowest BCUT2D eigenvalue weighted by Crippen LogP contribution is -2.32. The highest BCUT2D eigenvalue weighted by atomic mass is 16.5. The van der Waals surface area contributed by atoms with Crippen molar-refractivity contribution >= 4 is 11.6 Å². The van der Waals surface area contributed by atoms with Crippen molar-refractivity contribution in [2.24, 2.45) is 0 Å². The molecule has 2 aromatic heterocycles. The van der Waals surface area contributed by atoms with Crippen LogP contribution in [-0.2, 0) is 14.3 Å². The first-order valence-corrected chi connectivity index (χ1v) is 10.5. The summed E-state index contributed by atoms with van der Waals surface area (Å²) in [6.07, 6.45) is 4.93. The number of methoxy groups -OCH3 is 1. The number of hydrogen-bond donors (Lipinski definition) is 1. The van der Waals surface area contributed by atoms with Crippen molar-refractivity contribution in [2.75, 3.05) is 26.9 Å². The molecule has 0 aliphatic carbocycles. The van der Waals surface area contributed by atoms with Gasteiger partial charge >= 0.3 is 0 Å². The minimum absolute atomic E-state index is 0.0132. The molecule has 31 heavy (non-hydrogen) atoms. The summed E-state index contributed by atoms with van der Waals surface area (Å²) in [6.45, 7) is 3.04. The quantitative estimate of drug-likeness (QED) is 0.592. The standard InChI is InChI=1S/C22H27N5O4/c1-15(24-21(28)13-30-12-18-5-3-4-10-31-18)22-25-20-11-19(23-14-27(20)26-22)16-6-8-17(29-2)9-7-16/h6-9,11,14-15,18H,3-5,10,12-13H2,1-2H3,(H,24,28)/t15-,18-/m0/s1. The molecule has 3 heterocycles. The predicted molar refractivity (Wildman–Crippen MR) is 114 cm³/mol. The van der Waals surface area contributed by atoms with E-state index in [4.69, 9.17) is 14.2 Å². The molecule has 1 fully saturated rings. The second-order valence-corrected chi connectivity index (χ2v) is 7.57. The van der Waals surface area contributed by atoms with Crippen molar-refractivity contribution in [1.29, 1.82) is 0 Å². The van der Waals surface area contributed by atoms with Crippen molar-refractivity contribution < 1.29 is 19.0 Å². The summed E-state index contributed by atoms with van der Waals surface area (Å²) in [4.78, 5) is 21.2. The molecule has 0 saturated carbocycles.